The number of carbonyl (C=O) groups excluding carboxylic acids is 1. The topological polar surface area (TPSA) is 193 Å². The largest absolute Gasteiger partial charge is 0.471 e. The fourth-order valence-electron chi connectivity index (χ4n) is 2.95. The minimum atomic E-state index is -4.91. The Morgan fingerprint density at radius 1 is 1.03 bits per heavy atom. The van der Waals surface area contributed by atoms with Crippen molar-refractivity contribution in [3.63, 3.8) is 0 Å². The van der Waals surface area contributed by atoms with Crippen molar-refractivity contribution in [1.29, 1.82) is 0 Å². The van der Waals surface area contributed by atoms with Gasteiger partial charge in [-0.15, -0.1) is 0 Å². The number of hydrogen-bond acceptors (Lipinski definition) is 10. The fourth-order valence-corrected chi connectivity index (χ4v) is 4.70. The van der Waals surface area contributed by atoms with E-state index >= 15 is 0 Å². The van der Waals surface area contributed by atoms with Crippen LogP contribution in [0.15, 0.2) is 6.08 Å². The van der Waals surface area contributed by atoms with Crippen LogP contribution in [0.3, 0.4) is 0 Å². The summed E-state index contributed by atoms with van der Waals surface area (Å²) in [6.07, 6.45) is -1.86. The molecule has 0 aliphatic rings. The van der Waals surface area contributed by atoms with Gasteiger partial charge in [-0.05, 0) is 22.6 Å². The van der Waals surface area contributed by atoms with Crippen molar-refractivity contribution in [3.8, 4) is 12.0 Å². The van der Waals surface area contributed by atoms with Crippen molar-refractivity contribution in [3.05, 3.63) is 15.2 Å². The maximum atomic E-state index is 12.2. The SMILES string of the molecule is COc1nc(N)c(I)c(N)n1.COc1nc(N)c2c(C=CCNC(=O)C(F)(F)F)c([Si](C)(C)C)[nH]c2n1. The highest BCUT2D eigenvalue weighted by Gasteiger charge is 2.38. The van der Waals surface area contributed by atoms with E-state index in [0.29, 0.717) is 31.8 Å². The Morgan fingerprint density at radius 2 is 1.54 bits per heavy atom. The number of amides is 1. The lowest BCUT2D eigenvalue weighted by Gasteiger charge is -2.15. The van der Waals surface area contributed by atoms with Gasteiger partial charge in [-0.2, -0.15) is 33.1 Å². The molecule has 0 fully saturated rings. The fraction of sp³-hybridized carbons (Fsp3) is 0.350. The van der Waals surface area contributed by atoms with Gasteiger partial charge in [0.05, 0.1) is 31.2 Å². The molecule has 0 saturated carbocycles. The zero-order valence-corrected chi connectivity index (χ0v) is 23.8. The summed E-state index contributed by atoms with van der Waals surface area (Å²) >= 11 is 1.97. The monoisotopic (exact) mass is 653 g/mol. The van der Waals surface area contributed by atoms with E-state index in [1.807, 2.05) is 22.6 Å². The molecule has 17 heteroatoms. The van der Waals surface area contributed by atoms with E-state index in [0.717, 1.165) is 5.32 Å². The molecule has 0 aromatic carbocycles. The zero-order chi connectivity index (χ0) is 28.1. The highest BCUT2D eigenvalue weighted by atomic mass is 127. The average molecular weight is 653 g/mol. The van der Waals surface area contributed by atoms with Crippen LogP contribution in [-0.2, 0) is 4.79 Å². The number of nitrogen functional groups attached to an aromatic ring is 3. The predicted octanol–water partition coefficient (Wildman–Crippen LogP) is 2.04. The molecule has 37 heavy (non-hydrogen) atoms. The maximum Gasteiger partial charge on any atom is 0.471 e. The molecule has 202 valence electrons. The molecule has 0 bridgehead atoms. The number of nitrogens with one attached hydrogen (secondary N) is 2. The van der Waals surface area contributed by atoms with Crippen molar-refractivity contribution >= 4 is 76.5 Å². The first-order valence-corrected chi connectivity index (χ1v) is 15.1. The van der Waals surface area contributed by atoms with Gasteiger partial charge in [0.2, 0.25) is 0 Å². The van der Waals surface area contributed by atoms with Crippen LogP contribution in [0, 0.1) is 3.57 Å². The number of alkyl halides is 3. The van der Waals surface area contributed by atoms with E-state index in [1.54, 1.807) is 11.4 Å². The third-order valence-electron chi connectivity index (χ3n) is 4.62. The number of fused-ring (bicyclic) bond motifs is 1. The molecule has 3 aromatic heterocycles. The van der Waals surface area contributed by atoms with Crippen LogP contribution in [0.25, 0.3) is 17.1 Å². The van der Waals surface area contributed by atoms with Crippen LogP contribution < -0.4 is 37.3 Å². The predicted molar refractivity (Wildman–Crippen MR) is 146 cm³/mol. The van der Waals surface area contributed by atoms with E-state index in [2.05, 4.69) is 44.6 Å². The lowest BCUT2D eigenvalue weighted by atomic mass is 10.2. The molecular weight excluding hydrogens is 626 g/mol. The number of aromatic nitrogens is 5. The first-order chi connectivity index (χ1) is 17.1. The van der Waals surface area contributed by atoms with Crippen molar-refractivity contribution in [2.45, 2.75) is 25.8 Å². The highest BCUT2D eigenvalue weighted by molar-refractivity contribution is 14.1. The van der Waals surface area contributed by atoms with Gasteiger partial charge in [0.25, 0.3) is 0 Å². The summed E-state index contributed by atoms with van der Waals surface area (Å²) in [5, 5.41) is 3.28. The van der Waals surface area contributed by atoms with E-state index in [4.69, 9.17) is 26.7 Å². The summed E-state index contributed by atoms with van der Waals surface area (Å²) in [6.45, 7) is 6.02. The van der Waals surface area contributed by atoms with Gasteiger partial charge in [-0.3, -0.25) is 4.79 Å². The van der Waals surface area contributed by atoms with Crippen molar-refractivity contribution < 1.29 is 27.4 Å². The molecule has 8 N–H and O–H groups in total. The number of hydrogen-bond donors (Lipinski definition) is 5. The van der Waals surface area contributed by atoms with Crippen molar-refractivity contribution in [2.75, 3.05) is 38.0 Å². The molecule has 3 aromatic rings. The third-order valence-corrected chi connectivity index (χ3v) is 7.62. The van der Waals surface area contributed by atoms with Gasteiger partial charge in [0.15, 0.2) is 0 Å². The molecule has 0 aliphatic heterocycles. The standard InChI is InChI=1S/C15H20F3N5O2Si.C5H7IN4O/c1-25-14-21-10(19)9-8(6-5-7-20-13(24)15(16,17)18)12(26(2,3)4)22-11(9)23-14;1-11-5-9-3(7)2(6)4(8)10-5/h5-6H,7H2,1-4H3,(H,20,24)(H3,19,21,22,23);1H3,(H4,7,8,9,10). The number of aromatic amines is 1. The number of methoxy groups -OCH3 is 2. The van der Waals surface area contributed by atoms with Crippen molar-refractivity contribution in [2.24, 2.45) is 0 Å². The average Bonchev–Trinajstić information content (AvgIpc) is 3.19. The zero-order valence-electron chi connectivity index (χ0n) is 20.6. The molecule has 3 heterocycles. The molecule has 0 spiro atoms. The van der Waals surface area contributed by atoms with Crippen LogP contribution in [0.1, 0.15) is 5.56 Å². The van der Waals surface area contributed by atoms with Crippen LogP contribution in [0.4, 0.5) is 30.6 Å². The molecule has 3 rings (SSSR count). The maximum absolute atomic E-state index is 12.2. The third kappa shape index (κ3) is 7.57. The van der Waals surface area contributed by atoms with E-state index in [9.17, 15) is 18.0 Å². The number of nitrogens with zero attached hydrogens (tertiary/aromatic N) is 4. The lowest BCUT2D eigenvalue weighted by molar-refractivity contribution is -0.173. The Balaban J connectivity index is 0.000000364. The van der Waals surface area contributed by atoms with Gasteiger partial charge in [0, 0.05) is 17.4 Å². The van der Waals surface area contributed by atoms with Gasteiger partial charge < -0.3 is 37.0 Å². The van der Waals surface area contributed by atoms with Gasteiger partial charge in [0.1, 0.15) is 23.1 Å². The number of anilines is 3. The second-order valence-electron chi connectivity index (χ2n) is 8.39. The van der Waals surface area contributed by atoms with Gasteiger partial charge in [-0.1, -0.05) is 31.8 Å². The number of H-pyrrole nitrogens is 1. The molecule has 0 unspecified atom stereocenters. The Labute approximate surface area is 224 Å². The Morgan fingerprint density at radius 3 is 2.03 bits per heavy atom. The van der Waals surface area contributed by atoms with Crippen LogP contribution in [0.5, 0.6) is 12.0 Å². The lowest BCUT2D eigenvalue weighted by Crippen LogP contribution is -2.40. The summed E-state index contributed by atoms with van der Waals surface area (Å²) in [5.41, 5.74) is 18.2. The molecular formula is C20H27F3IN9O3Si. The van der Waals surface area contributed by atoms with Gasteiger partial charge in [-0.25, -0.2) is 0 Å². The summed E-state index contributed by atoms with van der Waals surface area (Å²) in [4.78, 5) is 30.0. The second kappa shape index (κ2) is 11.8. The minimum Gasteiger partial charge on any atom is -0.467 e. The Kier molecular flexibility index (Phi) is 9.52. The highest BCUT2D eigenvalue weighted by Crippen LogP contribution is 2.26. The summed E-state index contributed by atoms with van der Waals surface area (Å²) in [7, 11) is 1.02. The normalized spacial score (nSPS) is 11.8. The number of halogens is 4. The minimum absolute atomic E-state index is 0.117. The smallest absolute Gasteiger partial charge is 0.467 e. The van der Waals surface area contributed by atoms with Crippen LogP contribution in [0.2, 0.25) is 19.6 Å². The second-order valence-corrected chi connectivity index (χ2v) is 14.5. The summed E-state index contributed by atoms with van der Waals surface area (Å²) < 4.78 is 47.1. The number of nitrogens with two attached hydrogens (primary N) is 3. The molecule has 0 atom stereocenters. The Bertz CT molecular complexity index is 1290. The molecule has 0 radical (unpaired) electrons. The molecule has 12 nitrogen and oxygen atoms in total. The van der Waals surface area contributed by atoms with E-state index in [-0.39, 0.29) is 24.4 Å². The summed E-state index contributed by atoms with van der Waals surface area (Å²) in [5.74, 6) is -1.10. The first kappa shape index (κ1) is 29.9. The molecule has 0 aliphatic carbocycles. The Hall–Kier alpha value is -3.35. The van der Waals surface area contributed by atoms with E-state index in [1.165, 1.54) is 20.3 Å². The summed E-state index contributed by atoms with van der Waals surface area (Å²) in [6, 6.07) is 0.312. The van der Waals surface area contributed by atoms with Crippen LogP contribution >= 0.6 is 22.6 Å². The number of ether oxygens (including phenoxy) is 2. The number of rotatable bonds is 6. The van der Waals surface area contributed by atoms with Crippen LogP contribution in [-0.4, -0.2) is 65.8 Å². The molecule has 1 amide bonds. The first-order valence-electron chi connectivity index (χ1n) is 10.5. The van der Waals surface area contributed by atoms with Gasteiger partial charge >= 0.3 is 24.1 Å². The quantitative estimate of drug-likeness (QED) is 0.194. The van der Waals surface area contributed by atoms with E-state index < -0.39 is 20.2 Å². The molecule has 0 saturated heterocycles. The van der Waals surface area contributed by atoms with Crippen molar-refractivity contribution in [1.82, 2.24) is 30.2 Å². The number of carbonyl (C=O) groups is 1.